The molecule has 1 saturated heterocycles. The quantitative estimate of drug-likeness (QED) is 0.800. The molecule has 2 aromatic rings. The molecule has 1 fully saturated rings. The number of unbranched alkanes of at least 4 members (excludes halogenated alkanes) is 1. The number of hydrogen-bond donors (Lipinski definition) is 1. The number of hydrogen-bond acceptors (Lipinski definition) is 5. The molecule has 0 saturated carbocycles. The van der Waals surface area contributed by atoms with Gasteiger partial charge in [0.25, 0.3) is 5.56 Å². The van der Waals surface area contributed by atoms with Gasteiger partial charge in [-0.05, 0) is 53.0 Å². The van der Waals surface area contributed by atoms with Crippen LogP contribution < -0.4 is 5.56 Å². The van der Waals surface area contributed by atoms with Crippen LogP contribution in [0.4, 0.5) is 4.79 Å². The molecule has 0 spiro atoms. The summed E-state index contributed by atoms with van der Waals surface area (Å²) < 4.78 is 7.44. The largest absolute Gasteiger partial charge is 0.444 e. The van der Waals surface area contributed by atoms with Crippen molar-refractivity contribution in [1.29, 1.82) is 0 Å². The summed E-state index contributed by atoms with van der Waals surface area (Å²) in [5, 5.41) is 4.81. The predicted octanol–water partition coefficient (Wildman–Crippen LogP) is 3.86. The van der Waals surface area contributed by atoms with Crippen molar-refractivity contribution < 1.29 is 9.53 Å². The van der Waals surface area contributed by atoms with Crippen LogP contribution in [0.15, 0.2) is 17.1 Å². The molecule has 0 bridgehead atoms. The molecule has 8 nitrogen and oxygen atoms in total. The van der Waals surface area contributed by atoms with Crippen LogP contribution in [0.2, 0.25) is 0 Å². The highest BCUT2D eigenvalue weighted by Crippen LogP contribution is 2.29. The number of H-pyrrole nitrogens is 1. The van der Waals surface area contributed by atoms with E-state index in [1.165, 1.54) is 0 Å². The number of rotatable bonds is 5. The zero-order valence-corrected chi connectivity index (χ0v) is 18.7. The zero-order chi connectivity index (χ0) is 21.9. The van der Waals surface area contributed by atoms with Crippen LogP contribution in [0.5, 0.6) is 0 Å². The molecule has 2 aromatic heterocycles. The highest BCUT2D eigenvalue weighted by Gasteiger charge is 2.30. The smallest absolute Gasteiger partial charge is 0.410 e. The molecule has 0 aliphatic carbocycles. The van der Waals surface area contributed by atoms with Crippen LogP contribution in [-0.4, -0.2) is 49.4 Å². The van der Waals surface area contributed by atoms with Crippen molar-refractivity contribution in [3.63, 3.8) is 0 Å². The third-order valence-corrected chi connectivity index (χ3v) is 5.27. The Labute approximate surface area is 177 Å². The number of piperidine rings is 1. The van der Waals surface area contributed by atoms with Crippen molar-refractivity contribution in [3.8, 4) is 11.4 Å². The predicted molar refractivity (Wildman–Crippen MR) is 116 cm³/mol. The van der Waals surface area contributed by atoms with Crippen LogP contribution in [0.25, 0.3) is 11.4 Å². The van der Waals surface area contributed by atoms with E-state index in [-0.39, 0.29) is 17.6 Å². The molecule has 1 aliphatic heterocycles. The van der Waals surface area contributed by atoms with Crippen molar-refractivity contribution in [1.82, 2.24) is 24.6 Å². The maximum Gasteiger partial charge on any atom is 0.410 e. The van der Waals surface area contributed by atoms with E-state index in [0.717, 1.165) is 49.4 Å². The fraction of sp³-hybridized carbons (Fsp3) is 0.636. The third-order valence-electron chi connectivity index (χ3n) is 5.27. The van der Waals surface area contributed by atoms with Gasteiger partial charge < -0.3 is 14.6 Å². The lowest BCUT2D eigenvalue weighted by molar-refractivity contribution is 0.0203. The van der Waals surface area contributed by atoms with Crippen LogP contribution >= 0.6 is 0 Å². The lowest BCUT2D eigenvalue weighted by Gasteiger charge is -2.32. The van der Waals surface area contributed by atoms with Crippen LogP contribution in [0, 0.1) is 6.92 Å². The fourth-order valence-corrected chi connectivity index (χ4v) is 3.58. The Morgan fingerprint density at radius 1 is 1.30 bits per heavy atom. The second-order valence-corrected chi connectivity index (χ2v) is 9.01. The number of likely N-dealkylation sites (tertiary alicyclic amines) is 1. The van der Waals surface area contributed by atoms with Gasteiger partial charge in [-0.2, -0.15) is 5.10 Å². The number of carbonyl (C=O) groups excluding carboxylic acids is 1. The summed E-state index contributed by atoms with van der Waals surface area (Å²) in [5.74, 6) is 1.80. The fourth-order valence-electron chi connectivity index (χ4n) is 3.58. The average molecular weight is 416 g/mol. The van der Waals surface area contributed by atoms with Crippen molar-refractivity contribution in [2.75, 3.05) is 13.1 Å². The number of aryl methyl sites for hydroxylation is 2. The molecule has 3 rings (SSSR count). The van der Waals surface area contributed by atoms with Crippen molar-refractivity contribution in [3.05, 3.63) is 34.0 Å². The summed E-state index contributed by atoms with van der Waals surface area (Å²) in [6.07, 6.45) is 5.13. The number of amides is 1. The molecule has 8 heteroatoms. The summed E-state index contributed by atoms with van der Waals surface area (Å²) in [5.41, 5.74) is 0.947. The van der Waals surface area contributed by atoms with Gasteiger partial charge in [0.05, 0.1) is 0 Å². The number of aromatic amines is 1. The third kappa shape index (κ3) is 5.29. The molecule has 1 amide bonds. The second-order valence-electron chi connectivity index (χ2n) is 9.01. The Morgan fingerprint density at radius 3 is 2.60 bits per heavy atom. The van der Waals surface area contributed by atoms with Gasteiger partial charge >= 0.3 is 6.09 Å². The Hall–Kier alpha value is -2.64. The summed E-state index contributed by atoms with van der Waals surface area (Å²) >= 11 is 0. The summed E-state index contributed by atoms with van der Waals surface area (Å²) in [4.78, 5) is 33.5. The highest BCUT2D eigenvalue weighted by molar-refractivity contribution is 5.68. The van der Waals surface area contributed by atoms with Crippen LogP contribution in [0.3, 0.4) is 0 Å². The monoisotopic (exact) mass is 415 g/mol. The van der Waals surface area contributed by atoms with Crippen molar-refractivity contribution >= 4 is 6.09 Å². The Kier molecular flexibility index (Phi) is 6.63. The number of nitrogens with zero attached hydrogens (tertiary/aromatic N) is 4. The molecular formula is C22H33N5O3. The first-order chi connectivity index (χ1) is 14.2. The standard InChI is InChI=1S/C22H33N5O3/c1-6-7-10-27-19(17-13-15(2)20(28)23-14-17)24-18(25-27)16-8-11-26(12-9-16)21(29)30-22(3,4)5/h13-14,16H,6-12H2,1-5H3,(H,23,28). The maximum absolute atomic E-state index is 12.3. The number of aromatic nitrogens is 4. The number of nitrogens with one attached hydrogen (secondary N) is 1. The molecule has 30 heavy (non-hydrogen) atoms. The Morgan fingerprint density at radius 2 is 2.00 bits per heavy atom. The molecule has 0 aromatic carbocycles. The molecule has 0 radical (unpaired) electrons. The summed E-state index contributed by atoms with van der Waals surface area (Å²) in [7, 11) is 0. The molecule has 164 valence electrons. The second kappa shape index (κ2) is 9.02. The van der Waals surface area contributed by atoms with E-state index in [2.05, 4.69) is 11.9 Å². The summed E-state index contributed by atoms with van der Waals surface area (Å²) in [6, 6.07) is 1.86. The molecule has 3 heterocycles. The van der Waals surface area contributed by atoms with Crippen molar-refractivity contribution in [2.24, 2.45) is 0 Å². The minimum Gasteiger partial charge on any atom is -0.444 e. The van der Waals surface area contributed by atoms with Crippen LogP contribution in [0.1, 0.15) is 70.7 Å². The molecule has 1 N–H and O–H groups in total. The lowest BCUT2D eigenvalue weighted by atomic mass is 9.96. The van der Waals surface area contributed by atoms with E-state index in [1.54, 1.807) is 18.0 Å². The average Bonchev–Trinajstić information content (AvgIpc) is 3.11. The Bertz CT molecular complexity index is 933. The molecule has 0 unspecified atom stereocenters. The SMILES string of the molecule is CCCCn1nc(C2CCN(C(=O)OC(C)(C)C)CC2)nc1-c1c[nH]c(=O)c(C)c1. The molecule has 1 aliphatic rings. The van der Waals surface area contributed by atoms with E-state index >= 15 is 0 Å². The topological polar surface area (TPSA) is 93.1 Å². The Balaban J connectivity index is 1.77. The zero-order valence-electron chi connectivity index (χ0n) is 18.7. The number of pyridine rings is 1. The normalized spacial score (nSPS) is 15.4. The summed E-state index contributed by atoms with van der Waals surface area (Å²) in [6.45, 7) is 11.6. The first-order valence-corrected chi connectivity index (χ1v) is 10.8. The van der Waals surface area contributed by atoms with Gasteiger partial charge in [0.1, 0.15) is 5.60 Å². The van der Waals surface area contributed by atoms with E-state index < -0.39 is 5.60 Å². The minimum absolute atomic E-state index is 0.0897. The number of carbonyl (C=O) groups is 1. The van der Waals surface area contributed by atoms with Gasteiger partial charge in [-0.1, -0.05) is 13.3 Å². The minimum atomic E-state index is -0.489. The molecular weight excluding hydrogens is 382 g/mol. The van der Waals surface area contributed by atoms with Crippen molar-refractivity contribution in [2.45, 2.75) is 78.4 Å². The van der Waals surface area contributed by atoms with Gasteiger partial charge in [-0.25, -0.2) is 14.5 Å². The highest BCUT2D eigenvalue weighted by atomic mass is 16.6. The van der Waals surface area contributed by atoms with Gasteiger partial charge in [0, 0.05) is 42.9 Å². The van der Waals surface area contributed by atoms with E-state index in [4.69, 9.17) is 14.8 Å². The van der Waals surface area contributed by atoms with E-state index in [1.807, 2.05) is 31.5 Å². The first-order valence-electron chi connectivity index (χ1n) is 10.8. The van der Waals surface area contributed by atoms with E-state index in [9.17, 15) is 9.59 Å². The first kappa shape index (κ1) is 22.1. The van der Waals surface area contributed by atoms with E-state index in [0.29, 0.717) is 18.7 Å². The van der Waals surface area contributed by atoms with Gasteiger partial charge in [0.2, 0.25) is 0 Å². The maximum atomic E-state index is 12.3. The molecule has 0 atom stereocenters. The van der Waals surface area contributed by atoms with Gasteiger partial charge in [-0.3, -0.25) is 4.79 Å². The lowest BCUT2D eigenvalue weighted by Crippen LogP contribution is -2.41. The van der Waals surface area contributed by atoms with Crippen LogP contribution in [-0.2, 0) is 11.3 Å². The van der Waals surface area contributed by atoms with Gasteiger partial charge in [0.15, 0.2) is 11.6 Å². The number of ether oxygens (including phenoxy) is 1. The van der Waals surface area contributed by atoms with Gasteiger partial charge in [-0.15, -0.1) is 0 Å².